The molecule has 1 aromatic carbocycles. The maximum absolute atomic E-state index is 5.91. The third-order valence-corrected chi connectivity index (χ3v) is 3.08. The van der Waals surface area contributed by atoms with Gasteiger partial charge in [-0.1, -0.05) is 23.7 Å². The minimum absolute atomic E-state index is 0.424. The summed E-state index contributed by atoms with van der Waals surface area (Å²) in [7, 11) is 1.87. The molecule has 0 N–H and O–H groups in total. The van der Waals surface area contributed by atoms with Gasteiger partial charge in [-0.2, -0.15) is 0 Å². The zero-order valence-corrected chi connectivity index (χ0v) is 11.0. The molecular weight excluding hydrogens is 236 g/mol. The molecule has 0 unspecified atom stereocenters. The van der Waals surface area contributed by atoms with Gasteiger partial charge in [-0.15, -0.1) is 0 Å². The fourth-order valence-electron chi connectivity index (χ4n) is 1.56. The average Bonchev–Trinajstić information content (AvgIpc) is 2.62. The number of nitrogens with zero attached hydrogens (tertiary/aromatic N) is 2. The molecule has 0 aliphatic carbocycles. The van der Waals surface area contributed by atoms with E-state index < -0.39 is 0 Å². The van der Waals surface area contributed by atoms with Gasteiger partial charge in [0.1, 0.15) is 23.3 Å². The standard InChI is InChI=1S/C13H15ClN2O/c1-9-4-5-10(2)11(6-9)17-8-13-15-7-12(14)16(13)3/h4-7H,8H2,1-3H3. The van der Waals surface area contributed by atoms with E-state index in [1.54, 1.807) is 6.20 Å². The first-order valence-corrected chi connectivity index (χ1v) is 5.82. The molecule has 0 radical (unpaired) electrons. The number of aromatic nitrogens is 2. The van der Waals surface area contributed by atoms with Crippen LogP contribution in [0, 0.1) is 13.8 Å². The Morgan fingerprint density at radius 2 is 2.12 bits per heavy atom. The Bertz CT molecular complexity index is 534. The number of imidazole rings is 1. The molecule has 0 spiro atoms. The lowest BCUT2D eigenvalue weighted by molar-refractivity contribution is 0.289. The highest BCUT2D eigenvalue weighted by Gasteiger charge is 2.06. The molecule has 0 fully saturated rings. The molecule has 2 aromatic rings. The van der Waals surface area contributed by atoms with Crippen LogP contribution in [0.25, 0.3) is 0 Å². The van der Waals surface area contributed by atoms with Crippen LogP contribution in [0.1, 0.15) is 17.0 Å². The van der Waals surface area contributed by atoms with Crippen molar-refractivity contribution >= 4 is 11.6 Å². The van der Waals surface area contributed by atoms with Crippen molar-refractivity contribution in [2.75, 3.05) is 0 Å². The van der Waals surface area contributed by atoms with Crippen LogP contribution in [-0.4, -0.2) is 9.55 Å². The van der Waals surface area contributed by atoms with Crippen molar-refractivity contribution in [3.63, 3.8) is 0 Å². The molecule has 1 aromatic heterocycles. The lowest BCUT2D eigenvalue weighted by Gasteiger charge is -2.09. The molecule has 3 nitrogen and oxygen atoms in total. The van der Waals surface area contributed by atoms with Gasteiger partial charge in [0.05, 0.1) is 6.20 Å². The predicted molar refractivity (Wildman–Crippen MR) is 68.5 cm³/mol. The molecule has 1 heterocycles. The Labute approximate surface area is 106 Å². The van der Waals surface area contributed by atoms with Gasteiger partial charge in [0.2, 0.25) is 0 Å². The van der Waals surface area contributed by atoms with Gasteiger partial charge in [0.25, 0.3) is 0 Å². The Kier molecular flexibility index (Phi) is 3.38. The highest BCUT2D eigenvalue weighted by Crippen LogP contribution is 2.20. The normalized spacial score (nSPS) is 10.6. The molecule has 0 saturated heterocycles. The van der Waals surface area contributed by atoms with E-state index in [9.17, 15) is 0 Å². The van der Waals surface area contributed by atoms with Gasteiger partial charge < -0.3 is 9.30 Å². The highest BCUT2D eigenvalue weighted by molar-refractivity contribution is 6.29. The summed E-state index contributed by atoms with van der Waals surface area (Å²) >= 11 is 5.91. The largest absolute Gasteiger partial charge is 0.485 e. The molecule has 0 bridgehead atoms. The van der Waals surface area contributed by atoms with E-state index in [0.717, 1.165) is 17.1 Å². The van der Waals surface area contributed by atoms with E-state index in [0.29, 0.717) is 11.8 Å². The van der Waals surface area contributed by atoms with Gasteiger partial charge in [0, 0.05) is 7.05 Å². The van der Waals surface area contributed by atoms with Crippen molar-refractivity contribution in [3.05, 3.63) is 46.5 Å². The fraction of sp³-hybridized carbons (Fsp3) is 0.308. The Morgan fingerprint density at radius 3 is 2.76 bits per heavy atom. The van der Waals surface area contributed by atoms with E-state index in [1.807, 2.05) is 31.5 Å². The van der Waals surface area contributed by atoms with Crippen molar-refractivity contribution in [2.24, 2.45) is 7.05 Å². The van der Waals surface area contributed by atoms with Crippen LogP contribution in [0.3, 0.4) is 0 Å². The SMILES string of the molecule is Cc1ccc(C)c(OCc2ncc(Cl)n2C)c1. The molecule has 0 aliphatic rings. The van der Waals surface area contributed by atoms with E-state index in [4.69, 9.17) is 16.3 Å². The maximum atomic E-state index is 5.91. The fourth-order valence-corrected chi connectivity index (χ4v) is 1.71. The minimum atomic E-state index is 0.424. The second-order valence-corrected chi connectivity index (χ2v) is 4.50. The lowest BCUT2D eigenvalue weighted by Crippen LogP contribution is -2.04. The van der Waals surface area contributed by atoms with E-state index in [-0.39, 0.29) is 0 Å². The number of hydrogen-bond donors (Lipinski definition) is 0. The molecule has 2 rings (SSSR count). The smallest absolute Gasteiger partial charge is 0.147 e. The summed E-state index contributed by atoms with van der Waals surface area (Å²) in [6, 6.07) is 6.15. The summed E-state index contributed by atoms with van der Waals surface area (Å²) in [5, 5.41) is 0.615. The first kappa shape index (κ1) is 12.0. The number of rotatable bonds is 3. The van der Waals surface area contributed by atoms with E-state index >= 15 is 0 Å². The van der Waals surface area contributed by atoms with Crippen LogP contribution in [-0.2, 0) is 13.7 Å². The Hall–Kier alpha value is -1.48. The zero-order valence-electron chi connectivity index (χ0n) is 10.2. The molecule has 0 saturated carbocycles. The van der Waals surface area contributed by atoms with Crippen molar-refractivity contribution in [1.29, 1.82) is 0 Å². The summed E-state index contributed by atoms with van der Waals surface area (Å²) in [5.74, 6) is 1.71. The average molecular weight is 251 g/mol. The lowest BCUT2D eigenvalue weighted by atomic mass is 10.1. The molecule has 4 heteroatoms. The third kappa shape index (κ3) is 2.61. The number of halogens is 1. The Morgan fingerprint density at radius 1 is 1.35 bits per heavy atom. The predicted octanol–water partition coefficient (Wildman–Crippen LogP) is 3.27. The minimum Gasteiger partial charge on any atom is -0.485 e. The molecule has 90 valence electrons. The van der Waals surface area contributed by atoms with Crippen LogP contribution in [0.4, 0.5) is 0 Å². The second kappa shape index (κ2) is 4.80. The second-order valence-electron chi connectivity index (χ2n) is 4.11. The van der Waals surface area contributed by atoms with Crippen LogP contribution < -0.4 is 4.74 Å². The first-order chi connectivity index (χ1) is 8.08. The van der Waals surface area contributed by atoms with Crippen LogP contribution >= 0.6 is 11.6 Å². The monoisotopic (exact) mass is 250 g/mol. The number of benzene rings is 1. The van der Waals surface area contributed by atoms with Gasteiger partial charge in [-0.3, -0.25) is 0 Å². The van der Waals surface area contributed by atoms with Crippen LogP contribution in [0.15, 0.2) is 24.4 Å². The molecule has 17 heavy (non-hydrogen) atoms. The molecule has 0 amide bonds. The topological polar surface area (TPSA) is 27.1 Å². The first-order valence-electron chi connectivity index (χ1n) is 5.44. The Balaban J connectivity index is 2.12. The van der Waals surface area contributed by atoms with Gasteiger partial charge >= 0.3 is 0 Å². The van der Waals surface area contributed by atoms with Crippen LogP contribution in [0.2, 0.25) is 5.15 Å². The van der Waals surface area contributed by atoms with E-state index in [1.165, 1.54) is 5.56 Å². The number of ether oxygens (including phenoxy) is 1. The van der Waals surface area contributed by atoms with Crippen molar-refractivity contribution in [3.8, 4) is 5.75 Å². The molecular formula is C13H15ClN2O. The maximum Gasteiger partial charge on any atom is 0.147 e. The van der Waals surface area contributed by atoms with Gasteiger partial charge in [-0.25, -0.2) is 4.98 Å². The zero-order chi connectivity index (χ0) is 12.4. The highest BCUT2D eigenvalue weighted by atomic mass is 35.5. The quantitative estimate of drug-likeness (QED) is 0.836. The summed E-state index contributed by atoms with van der Waals surface area (Å²) in [6.45, 7) is 4.50. The summed E-state index contributed by atoms with van der Waals surface area (Å²) < 4.78 is 7.57. The molecule has 0 aliphatic heterocycles. The van der Waals surface area contributed by atoms with Gasteiger partial charge in [0.15, 0.2) is 0 Å². The number of aryl methyl sites for hydroxylation is 2. The van der Waals surface area contributed by atoms with E-state index in [2.05, 4.69) is 17.1 Å². The summed E-state index contributed by atoms with van der Waals surface area (Å²) in [5.41, 5.74) is 2.30. The van der Waals surface area contributed by atoms with Crippen molar-refractivity contribution < 1.29 is 4.74 Å². The van der Waals surface area contributed by atoms with Crippen molar-refractivity contribution in [1.82, 2.24) is 9.55 Å². The van der Waals surface area contributed by atoms with Crippen LogP contribution in [0.5, 0.6) is 5.75 Å². The molecule has 0 atom stereocenters. The summed E-state index contributed by atoms with van der Waals surface area (Å²) in [4.78, 5) is 4.19. The number of hydrogen-bond acceptors (Lipinski definition) is 2. The summed E-state index contributed by atoms with van der Waals surface area (Å²) in [6.07, 6.45) is 1.63. The van der Waals surface area contributed by atoms with Crippen molar-refractivity contribution in [2.45, 2.75) is 20.5 Å². The third-order valence-electron chi connectivity index (χ3n) is 2.73. The van der Waals surface area contributed by atoms with Gasteiger partial charge in [-0.05, 0) is 31.0 Å².